The van der Waals surface area contributed by atoms with Crippen LogP contribution in [0.1, 0.15) is 27.7 Å². The lowest BCUT2D eigenvalue weighted by molar-refractivity contribution is 0.0630. The molecular weight excluding hydrogens is 202 g/mol. The van der Waals surface area contributed by atoms with Gasteiger partial charge in [0.05, 0.1) is 18.8 Å². The Kier molecular flexibility index (Phi) is 8.18. The first-order valence-electron chi connectivity index (χ1n) is 5.91. The lowest BCUT2D eigenvalue weighted by Gasteiger charge is -2.22. The molecule has 4 heteroatoms. The highest BCUT2D eigenvalue weighted by Gasteiger charge is 2.11. The third-order valence-corrected chi connectivity index (χ3v) is 2.11. The summed E-state index contributed by atoms with van der Waals surface area (Å²) in [4.78, 5) is 2.12. The maximum atomic E-state index is 8.97. The van der Waals surface area contributed by atoms with Crippen molar-refractivity contribution in [2.75, 3.05) is 26.7 Å². The normalized spacial score (nSPS) is 13.4. The van der Waals surface area contributed by atoms with Gasteiger partial charge in [-0.3, -0.25) is 5.32 Å². The minimum atomic E-state index is -0.107. The van der Waals surface area contributed by atoms with Crippen molar-refractivity contribution < 1.29 is 4.74 Å². The van der Waals surface area contributed by atoms with Gasteiger partial charge in [-0.15, -0.1) is 0 Å². The highest BCUT2D eigenvalue weighted by Crippen LogP contribution is 1.93. The van der Waals surface area contributed by atoms with Gasteiger partial charge in [0.15, 0.2) is 0 Å². The van der Waals surface area contributed by atoms with Crippen LogP contribution in [-0.4, -0.2) is 49.8 Å². The molecule has 0 aliphatic carbocycles. The number of nitrogens with one attached hydrogen (secondary N) is 1. The van der Waals surface area contributed by atoms with Gasteiger partial charge in [-0.05, 0) is 34.7 Å². The molecular formula is C12H25N3O. The standard InChI is InChI=1S/C12H25N3O/c1-10(2)14-12(8-13)9-15(5)6-7-16-11(3)4/h10-12,14H,6-7,9H2,1-5H3. The van der Waals surface area contributed by atoms with Crippen LogP contribution < -0.4 is 5.32 Å². The molecule has 0 aromatic rings. The number of hydrogen-bond acceptors (Lipinski definition) is 4. The van der Waals surface area contributed by atoms with Gasteiger partial charge in [0, 0.05) is 19.1 Å². The molecule has 0 radical (unpaired) electrons. The molecule has 1 atom stereocenters. The third-order valence-electron chi connectivity index (χ3n) is 2.11. The zero-order chi connectivity index (χ0) is 12.6. The molecule has 1 unspecified atom stereocenters. The molecule has 0 saturated heterocycles. The van der Waals surface area contributed by atoms with Gasteiger partial charge in [0.1, 0.15) is 6.04 Å². The number of likely N-dealkylation sites (N-methyl/N-ethyl adjacent to an activating group) is 1. The van der Waals surface area contributed by atoms with Crippen LogP contribution in [0.15, 0.2) is 0 Å². The van der Waals surface area contributed by atoms with Crippen LogP contribution in [0.2, 0.25) is 0 Å². The SMILES string of the molecule is CC(C)NC(C#N)CN(C)CCOC(C)C. The molecule has 0 amide bonds. The molecule has 0 aromatic carbocycles. The van der Waals surface area contributed by atoms with Crippen molar-refractivity contribution in [2.24, 2.45) is 0 Å². The average molecular weight is 227 g/mol. The number of nitrogens with zero attached hydrogens (tertiary/aromatic N) is 2. The van der Waals surface area contributed by atoms with E-state index < -0.39 is 0 Å². The van der Waals surface area contributed by atoms with E-state index in [2.05, 4.69) is 16.3 Å². The fraction of sp³-hybridized carbons (Fsp3) is 0.917. The van der Waals surface area contributed by atoms with E-state index in [0.717, 1.165) is 13.1 Å². The topological polar surface area (TPSA) is 48.3 Å². The Morgan fingerprint density at radius 1 is 1.31 bits per heavy atom. The second kappa shape index (κ2) is 8.51. The number of ether oxygens (including phenoxy) is 1. The van der Waals surface area contributed by atoms with Gasteiger partial charge in [-0.1, -0.05) is 0 Å². The van der Waals surface area contributed by atoms with E-state index in [1.807, 2.05) is 34.7 Å². The average Bonchev–Trinajstić information content (AvgIpc) is 2.15. The summed E-state index contributed by atoms with van der Waals surface area (Å²) in [6, 6.07) is 2.50. The molecule has 16 heavy (non-hydrogen) atoms. The lowest BCUT2D eigenvalue weighted by atomic mass is 10.2. The van der Waals surface area contributed by atoms with Crippen LogP contribution in [-0.2, 0) is 4.74 Å². The highest BCUT2D eigenvalue weighted by atomic mass is 16.5. The van der Waals surface area contributed by atoms with Crippen molar-refractivity contribution in [1.82, 2.24) is 10.2 Å². The van der Waals surface area contributed by atoms with E-state index in [0.29, 0.717) is 12.6 Å². The first kappa shape index (κ1) is 15.4. The Balaban J connectivity index is 3.75. The lowest BCUT2D eigenvalue weighted by Crippen LogP contribution is -2.42. The van der Waals surface area contributed by atoms with Gasteiger partial charge in [-0.25, -0.2) is 0 Å². The van der Waals surface area contributed by atoms with E-state index in [9.17, 15) is 0 Å². The van der Waals surface area contributed by atoms with E-state index in [1.54, 1.807) is 0 Å². The largest absolute Gasteiger partial charge is 0.377 e. The molecule has 0 fully saturated rings. The molecule has 0 aliphatic heterocycles. The van der Waals surface area contributed by atoms with E-state index in [4.69, 9.17) is 10.00 Å². The number of rotatable bonds is 8. The first-order valence-corrected chi connectivity index (χ1v) is 5.91. The second-order valence-electron chi connectivity index (χ2n) is 4.68. The van der Waals surface area contributed by atoms with E-state index >= 15 is 0 Å². The molecule has 94 valence electrons. The van der Waals surface area contributed by atoms with Crippen LogP contribution in [0, 0.1) is 11.3 Å². The van der Waals surface area contributed by atoms with Gasteiger partial charge in [0.2, 0.25) is 0 Å². The third kappa shape index (κ3) is 8.66. The molecule has 0 aromatic heterocycles. The molecule has 0 rings (SSSR count). The summed E-state index contributed by atoms with van der Waals surface area (Å²) in [5, 5.41) is 12.2. The predicted octanol–water partition coefficient (Wildman–Crippen LogP) is 1.23. The fourth-order valence-electron chi connectivity index (χ4n) is 1.38. The van der Waals surface area contributed by atoms with Gasteiger partial charge in [-0.2, -0.15) is 5.26 Å². The quantitative estimate of drug-likeness (QED) is 0.677. The smallest absolute Gasteiger partial charge is 0.108 e. The molecule has 0 bridgehead atoms. The summed E-state index contributed by atoms with van der Waals surface area (Å²) in [5.74, 6) is 0. The predicted molar refractivity (Wildman–Crippen MR) is 66.3 cm³/mol. The van der Waals surface area contributed by atoms with Crippen LogP contribution in [0.25, 0.3) is 0 Å². The Morgan fingerprint density at radius 3 is 2.38 bits per heavy atom. The summed E-state index contributed by atoms with van der Waals surface area (Å²) in [5.41, 5.74) is 0. The van der Waals surface area contributed by atoms with E-state index in [1.165, 1.54) is 0 Å². The van der Waals surface area contributed by atoms with Gasteiger partial charge < -0.3 is 9.64 Å². The number of nitriles is 1. The van der Waals surface area contributed by atoms with Crippen molar-refractivity contribution in [3.05, 3.63) is 0 Å². The molecule has 0 aliphatic rings. The molecule has 0 spiro atoms. The monoisotopic (exact) mass is 227 g/mol. The summed E-state index contributed by atoms with van der Waals surface area (Å²) in [7, 11) is 2.01. The van der Waals surface area contributed by atoms with E-state index in [-0.39, 0.29) is 12.1 Å². The molecule has 1 N–H and O–H groups in total. The van der Waals surface area contributed by atoms with Crippen molar-refractivity contribution in [3.63, 3.8) is 0 Å². The van der Waals surface area contributed by atoms with Gasteiger partial charge in [0.25, 0.3) is 0 Å². The van der Waals surface area contributed by atoms with Crippen LogP contribution in [0.4, 0.5) is 0 Å². The minimum Gasteiger partial charge on any atom is -0.377 e. The summed E-state index contributed by atoms with van der Waals surface area (Å²) in [6.07, 6.45) is 0.272. The van der Waals surface area contributed by atoms with Crippen LogP contribution in [0.5, 0.6) is 0 Å². The second-order valence-corrected chi connectivity index (χ2v) is 4.68. The maximum absolute atomic E-state index is 8.97. The summed E-state index contributed by atoms with van der Waals surface area (Å²) < 4.78 is 5.46. The Bertz CT molecular complexity index is 211. The van der Waals surface area contributed by atoms with Crippen LogP contribution in [0.3, 0.4) is 0 Å². The molecule has 0 saturated carbocycles. The molecule has 4 nitrogen and oxygen atoms in total. The Hall–Kier alpha value is -0.630. The zero-order valence-corrected chi connectivity index (χ0v) is 11.2. The summed E-state index contributed by atoms with van der Waals surface area (Å²) >= 11 is 0. The first-order chi connectivity index (χ1) is 7.45. The fourth-order valence-corrected chi connectivity index (χ4v) is 1.38. The Morgan fingerprint density at radius 2 is 1.94 bits per heavy atom. The Labute approximate surface area is 99.6 Å². The zero-order valence-electron chi connectivity index (χ0n) is 11.2. The van der Waals surface area contributed by atoms with Crippen molar-refractivity contribution in [1.29, 1.82) is 5.26 Å². The highest BCUT2D eigenvalue weighted by molar-refractivity contribution is 4.92. The maximum Gasteiger partial charge on any atom is 0.108 e. The number of hydrogen-bond donors (Lipinski definition) is 1. The van der Waals surface area contributed by atoms with Crippen molar-refractivity contribution in [3.8, 4) is 6.07 Å². The van der Waals surface area contributed by atoms with Gasteiger partial charge >= 0.3 is 0 Å². The summed E-state index contributed by atoms with van der Waals surface area (Å²) in [6.45, 7) is 10.5. The molecule has 0 heterocycles. The minimum absolute atomic E-state index is 0.107. The van der Waals surface area contributed by atoms with Crippen LogP contribution >= 0.6 is 0 Å². The van der Waals surface area contributed by atoms with Crippen molar-refractivity contribution in [2.45, 2.75) is 45.9 Å². The van der Waals surface area contributed by atoms with Crippen molar-refractivity contribution >= 4 is 0 Å².